The third-order valence-corrected chi connectivity index (χ3v) is 4.12. The highest BCUT2D eigenvalue weighted by Crippen LogP contribution is 2.28. The molecule has 0 bridgehead atoms. The zero-order chi connectivity index (χ0) is 20.9. The van der Waals surface area contributed by atoms with Crippen LogP contribution in [0.25, 0.3) is 11.0 Å². The standard InChI is InChI=1S/C22H31NO5/c1-7-26-12-16-15-10-8-9-11-17(15)28-19(16)20(25)27-13-18(24)23-22(5,6)14-21(2,3)4/h8-11H,7,12-14H2,1-6H3,(H,23,24). The zero-order valence-electron chi connectivity index (χ0n) is 17.7. The van der Waals surface area contributed by atoms with Crippen LogP contribution in [0.5, 0.6) is 0 Å². The van der Waals surface area contributed by atoms with E-state index in [4.69, 9.17) is 13.9 Å². The van der Waals surface area contributed by atoms with Crippen LogP contribution >= 0.6 is 0 Å². The van der Waals surface area contributed by atoms with Crippen molar-refractivity contribution in [3.63, 3.8) is 0 Å². The Labute approximate surface area is 166 Å². The van der Waals surface area contributed by atoms with Crippen molar-refractivity contribution in [3.05, 3.63) is 35.6 Å². The van der Waals surface area contributed by atoms with E-state index >= 15 is 0 Å². The Morgan fingerprint density at radius 1 is 1.11 bits per heavy atom. The van der Waals surface area contributed by atoms with E-state index in [9.17, 15) is 9.59 Å². The summed E-state index contributed by atoms with van der Waals surface area (Å²) in [6.45, 7) is 12.5. The van der Waals surface area contributed by atoms with Crippen molar-refractivity contribution in [1.29, 1.82) is 0 Å². The summed E-state index contributed by atoms with van der Waals surface area (Å²) in [6, 6.07) is 7.35. The smallest absolute Gasteiger partial charge is 0.375 e. The van der Waals surface area contributed by atoms with Crippen LogP contribution in [0.4, 0.5) is 0 Å². The first kappa shape index (κ1) is 22.0. The molecule has 2 aromatic rings. The Morgan fingerprint density at radius 3 is 2.43 bits per heavy atom. The first-order chi connectivity index (χ1) is 13.0. The van der Waals surface area contributed by atoms with Gasteiger partial charge in [-0.3, -0.25) is 4.79 Å². The van der Waals surface area contributed by atoms with Crippen LogP contribution in [0.1, 0.15) is 64.1 Å². The summed E-state index contributed by atoms with van der Waals surface area (Å²) in [5.41, 5.74) is 0.882. The SMILES string of the molecule is CCOCc1c(C(=O)OCC(=O)NC(C)(C)CC(C)(C)C)oc2ccccc12. The number of nitrogens with one attached hydrogen (secondary N) is 1. The number of carbonyl (C=O) groups excluding carboxylic acids is 2. The molecule has 2 rings (SSSR count). The molecular formula is C22H31NO5. The lowest BCUT2D eigenvalue weighted by atomic mass is 9.82. The Balaban J connectivity index is 2.06. The molecule has 0 saturated carbocycles. The molecule has 0 aliphatic rings. The fraction of sp³-hybridized carbons (Fsp3) is 0.545. The fourth-order valence-corrected chi connectivity index (χ4v) is 3.59. The van der Waals surface area contributed by atoms with Crippen LogP contribution in [0, 0.1) is 5.41 Å². The normalized spacial score (nSPS) is 12.2. The summed E-state index contributed by atoms with van der Waals surface area (Å²) in [5.74, 6) is -0.934. The van der Waals surface area contributed by atoms with Gasteiger partial charge in [-0.25, -0.2) is 4.79 Å². The first-order valence-electron chi connectivity index (χ1n) is 9.59. The van der Waals surface area contributed by atoms with Crippen LogP contribution in [-0.4, -0.2) is 30.6 Å². The minimum Gasteiger partial charge on any atom is -0.450 e. The summed E-state index contributed by atoms with van der Waals surface area (Å²) >= 11 is 0. The lowest BCUT2D eigenvalue weighted by molar-refractivity contribution is -0.126. The Kier molecular flexibility index (Phi) is 6.88. The van der Waals surface area contributed by atoms with Crippen molar-refractivity contribution in [2.75, 3.05) is 13.2 Å². The number of para-hydroxylation sites is 1. The van der Waals surface area contributed by atoms with E-state index in [1.54, 1.807) is 6.07 Å². The summed E-state index contributed by atoms with van der Waals surface area (Å²) in [6.07, 6.45) is 0.793. The van der Waals surface area contributed by atoms with Crippen molar-refractivity contribution in [2.24, 2.45) is 5.41 Å². The second-order valence-electron chi connectivity index (χ2n) is 8.79. The molecule has 0 fully saturated rings. The topological polar surface area (TPSA) is 77.8 Å². The number of rotatable bonds is 8. The van der Waals surface area contributed by atoms with E-state index in [0.717, 1.165) is 11.8 Å². The summed E-state index contributed by atoms with van der Waals surface area (Å²) in [7, 11) is 0. The second-order valence-corrected chi connectivity index (χ2v) is 8.79. The zero-order valence-corrected chi connectivity index (χ0v) is 17.7. The fourth-order valence-electron chi connectivity index (χ4n) is 3.59. The van der Waals surface area contributed by atoms with Gasteiger partial charge in [-0.2, -0.15) is 0 Å². The number of fused-ring (bicyclic) bond motifs is 1. The average Bonchev–Trinajstić information content (AvgIpc) is 2.94. The molecule has 0 aliphatic carbocycles. The van der Waals surface area contributed by atoms with Crippen molar-refractivity contribution < 1.29 is 23.5 Å². The van der Waals surface area contributed by atoms with Crippen LogP contribution < -0.4 is 5.32 Å². The molecule has 1 aromatic carbocycles. The van der Waals surface area contributed by atoms with Gasteiger partial charge >= 0.3 is 5.97 Å². The lowest BCUT2D eigenvalue weighted by Gasteiger charge is -2.33. The molecule has 0 radical (unpaired) electrons. The average molecular weight is 389 g/mol. The van der Waals surface area contributed by atoms with Gasteiger partial charge in [0.2, 0.25) is 5.76 Å². The van der Waals surface area contributed by atoms with Gasteiger partial charge in [0.15, 0.2) is 6.61 Å². The van der Waals surface area contributed by atoms with Gasteiger partial charge in [0, 0.05) is 23.1 Å². The molecule has 28 heavy (non-hydrogen) atoms. The Bertz CT molecular complexity index is 829. The molecule has 0 aliphatic heterocycles. The van der Waals surface area contributed by atoms with Crippen molar-refractivity contribution >= 4 is 22.8 Å². The van der Waals surface area contributed by atoms with Crippen LogP contribution in [-0.2, 0) is 20.9 Å². The number of amides is 1. The predicted molar refractivity (Wildman–Crippen MR) is 108 cm³/mol. The van der Waals surface area contributed by atoms with E-state index < -0.39 is 11.5 Å². The third-order valence-electron chi connectivity index (χ3n) is 4.12. The van der Waals surface area contributed by atoms with Gasteiger partial charge in [0.25, 0.3) is 5.91 Å². The van der Waals surface area contributed by atoms with Gasteiger partial charge in [-0.15, -0.1) is 0 Å². The maximum absolute atomic E-state index is 12.5. The van der Waals surface area contributed by atoms with Gasteiger partial charge in [-0.1, -0.05) is 39.0 Å². The molecule has 154 valence electrons. The second kappa shape index (κ2) is 8.78. The first-order valence-corrected chi connectivity index (χ1v) is 9.59. The third kappa shape index (κ3) is 6.09. The van der Waals surface area contributed by atoms with Crippen LogP contribution in [0.15, 0.2) is 28.7 Å². The van der Waals surface area contributed by atoms with Gasteiger partial charge in [0.05, 0.1) is 6.61 Å². The maximum Gasteiger partial charge on any atom is 0.375 e. The molecule has 6 nitrogen and oxygen atoms in total. The van der Waals surface area contributed by atoms with E-state index in [0.29, 0.717) is 17.8 Å². The summed E-state index contributed by atoms with van der Waals surface area (Å²) in [4.78, 5) is 24.8. The van der Waals surface area contributed by atoms with E-state index in [1.165, 1.54) is 0 Å². The van der Waals surface area contributed by atoms with Crippen LogP contribution in [0.2, 0.25) is 0 Å². The molecule has 0 unspecified atom stereocenters. The minimum absolute atomic E-state index is 0.0654. The lowest BCUT2D eigenvalue weighted by Crippen LogP contribution is -2.47. The predicted octanol–water partition coefficient (Wildman–Crippen LogP) is 4.46. The number of benzene rings is 1. The van der Waals surface area contributed by atoms with Gasteiger partial charge in [-0.05, 0) is 38.7 Å². The highest BCUT2D eigenvalue weighted by atomic mass is 16.5. The van der Waals surface area contributed by atoms with E-state index in [1.807, 2.05) is 39.0 Å². The molecule has 1 N–H and O–H groups in total. The number of hydrogen-bond acceptors (Lipinski definition) is 5. The maximum atomic E-state index is 12.5. The van der Waals surface area contributed by atoms with E-state index in [2.05, 4.69) is 26.1 Å². The van der Waals surface area contributed by atoms with Crippen molar-refractivity contribution in [1.82, 2.24) is 5.32 Å². The number of furan rings is 1. The minimum atomic E-state index is -0.672. The Hall–Kier alpha value is -2.34. The van der Waals surface area contributed by atoms with Gasteiger partial charge < -0.3 is 19.2 Å². The molecular weight excluding hydrogens is 358 g/mol. The highest BCUT2D eigenvalue weighted by Gasteiger charge is 2.28. The number of carbonyl (C=O) groups is 2. The molecule has 0 saturated heterocycles. The molecule has 0 atom stereocenters. The number of ether oxygens (including phenoxy) is 2. The largest absolute Gasteiger partial charge is 0.450 e. The van der Waals surface area contributed by atoms with Crippen LogP contribution in [0.3, 0.4) is 0 Å². The summed E-state index contributed by atoms with van der Waals surface area (Å²) < 4.78 is 16.4. The van der Waals surface area contributed by atoms with Crippen molar-refractivity contribution in [3.8, 4) is 0 Å². The Morgan fingerprint density at radius 2 is 1.79 bits per heavy atom. The quantitative estimate of drug-likeness (QED) is 0.675. The van der Waals surface area contributed by atoms with Crippen molar-refractivity contribution in [2.45, 2.75) is 60.1 Å². The molecule has 1 aromatic heterocycles. The van der Waals surface area contributed by atoms with E-state index in [-0.39, 0.29) is 30.3 Å². The van der Waals surface area contributed by atoms with Gasteiger partial charge in [0.1, 0.15) is 5.58 Å². The molecule has 1 heterocycles. The molecule has 0 spiro atoms. The monoisotopic (exact) mass is 389 g/mol. The highest BCUT2D eigenvalue weighted by molar-refractivity contribution is 5.96. The molecule has 6 heteroatoms. The molecule has 1 amide bonds. The number of hydrogen-bond donors (Lipinski definition) is 1. The number of esters is 1. The summed E-state index contributed by atoms with van der Waals surface area (Å²) in [5, 5.41) is 3.73.